The molecule has 1 unspecified atom stereocenters. The van der Waals surface area contributed by atoms with Crippen molar-refractivity contribution in [3.8, 4) is 5.75 Å². The zero-order valence-electron chi connectivity index (χ0n) is 11.2. The van der Waals surface area contributed by atoms with E-state index in [0.717, 1.165) is 18.8 Å². The first kappa shape index (κ1) is 14.0. The molecule has 1 aromatic carbocycles. The van der Waals surface area contributed by atoms with Crippen LogP contribution in [0.3, 0.4) is 0 Å². The van der Waals surface area contributed by atoms with Crippen molar-refractivity contribution in [1.82, 2.24) is 5.32 Å². The zero-order chi connectivity index (χ0) is 12.7. The summed E-state index contributed by atoms with van der Waals surface area (Å²) >= 11 is 0. The summed E-state index contributed by atoms with van der Waals surface area (Å²) in [5, 5.41) is 3.32. The Hall–Kier alpha value is -1.06. The first-order valence-electron chi connectivity index (χ1n) is 6.17. The molecule has 0 aliphatic carbocycles. The van der Waals surface area contributed by atoms with Crippen molar-refractivity contribution in [2.75, 3.05) is 20.2 Å². The molecule has 0 saturated carbocycles. The molecule has 0 radical (unpaired) electrons. The van der Waals surface area contributed by atoms with Crippen molar-refractivity contribution in [3.63, 3.8) is 0 Å². The van der Waals surface area contributed by atoms with Crippen LogP contribution in [0.15, 0.2) is 24.3 Å². The second-order valence-electron chi connectivity index (χ2n) is 4.25. The smallest absolute Gasteiger partial charge is 0.118 e. The highest BCUT2D eigenvalue weighted by atomic mass is 16.5. The minimum Gasteiger partial charge on any atom is -0.497 e. The first-order valence-corrected chi connectivity index (χ1v) is 6.17. The normalized spacial score (nSPS) is 12.8. The van der Waals surface area contributed by atoms with Gasteiger partial charge in [-0.3, -0.25) is 0 Å². The van der Waals surface area contributed by atoms with E-state index < -0.39 is 0 Å². The molecule has 0 saturated heterocycles. The Bertz CT molecular complexity index is 309. The highest BCUT2D eigenvalue weighted by Gasteiger charge is 2.13. The third-order valence-electron chi connectivity index (χ3n) is 2.50. The summed E-state index contributed by atoms with van der Waals surface area (Å²) in [6.45, 7) is 8.00. The maximum absolute atomic E-state index is 5.91. The van der Waals surface area contributed by atoms with Crippen LogP contribution in [-0.2, 0) is 4.74 Å². The fraction of sp³-hybridized carbons (Fsp3) is 0.571. The van der Waals surface area contributed by atoms with Crippen LogP contribution in [-0.4, -0.2) is 26.3 Å². The average Bonchev–Trinajstić information content (AvgIpc) is 2.34. The van der Waals surface area contributed by atoms with Crippen LogP contribution in [0, 0.1) is 0 Å². The van der Waals surface area contributed by atoms with Crippen molar-refractivity contribution in [2.45, 2.75) is 33.0 Å². The van der Waals surface area contributed by atoms with E-state index in [2.05, 4.69) is 38.2 Å². The van der Waals surface area contributed by atoms with Gasteiger partial charge in [-0.1, -0.05) is 19.1 Å². The molecule has 3 nitrogen and oxygen atoms in total. The molecule has 3 heteroatoms. The molecule has 0 bridgehead atoms. The molecule has 0 aliphatic rings. The van der Waals surface area contributed by atoms with Crippen LogP contribution in [0.25, 0.3) is 0 Å². The number of hydrogen-bond donors (Lipinski definition) is 1. The van der Waals surface area contributed by atoms with Gasteiger partial charge in [-0.25, -0.2) is 0 Å². The summed E-state index contributed by atoms with van der Waals surface area (Å²) in [5.41, 5.74) is 1.18. The van der Waals surface area contributed by atoms with E-state index in [-0.39, 0.29) is 12.2 Å². The molecular weight excluding hydrogens is 214 g/mol. The number of ether oxygens (including phenoxy) is 2. The maximum atomic E-state index is 5.91. The minimum absolute atomic E-state index is 0.0980. The van der Waals surface area contributed by atoms with E-state index in [4.69, 9.17) is 9.47 Å². The Morgan fingerprint density at radius 2 is 1.82 bits per heavy atom. The van der Waals surface area contributed by atoms with Crippen LogP contribution < -0.4 is 10.1 Å². The second-order valence-corrected chi connectivity index (χ2v) is 4.25. The van der Waals surface area contributed by atoms with Gasteiger partial charge >= 0.3 is 0 Å². The highest BCUT2D eigenvalue weighted by Crippen LogP contribution is 2.21. The second kappa shape index (κ2) is 7.30. The molecule has 96 valence electrons. The lowest BCUT2D eigenvalue weighted by molar-refractivity contribution is 0.00739. The number of hydrogen-bond acceptors (Lipinski definition) is 3. The summed E-state index contributed by atoms with van der Waals surface area (Å²) in [7, 11) is 1.68. The number of nitrogens with one attached hydrogen (secondary N) is 1. The summed E-state index contributed by atoms with van der Waals surface area (Å²) in [6.07, 6.45) is 0.321. The van der Waals surface area contributed by atoms with E-state index >= 15 is 0 Å². The van der Waals surface area contributed by atoms with Gasteiger partial charge in [0.15, 0.2) is 0 Å². The molecular formula is C14H23NO2. The minimum atomic E-state index is 0.0980. The third-order valence-corrected chi connectivity index (χ3v) is 2.50. The van der Waals surface area contributed by atoms with Gasteiger partial charge in [0.05, 0.1) is 19.3 Å². The standard InChI is InChI=1S/C14H23NO2/c1-5-15-10-14(17-11(2)3)12-6-8-13(16-4)9-7-12/h6-9,11,14-15H,5,10H2,1-4H3. The van der Waals surface area contributed by atoms with E-state index in [9.17, 15) is 0 Å². The van der Waals surface area contributed by atoms with E-state index in [0.29, 0.717) is 0 Å². The topological polar surface area (TPSA) is 30.5 Å². The average molecular weight is 237 g/mol. The summed E-state index contributed by atoms with van der Waals surface area (Å²) in [6, 6.07) is 8.06. The third kappa shape index (κ3) is 4.75. The van der Waals surface area contributed by atoms with Crippen LogP contribution >= 0.6 is 0 Å². The largest absolute Gasteiger partial charge is 0.497 e. The van der Waals surface area contributed by atoms with Crippen LogP contribution in [0.4, 0.5) is 0 Å². The van der Waals surface area contributed by atoms with E-state index in [1.807, 2.05) is 12.1 Å². The van der Waals surface area contributed by atoms with Crippen molar-refractivity contribution < 1.29 is 9.47 Å². The molecule has 0 aromatic heterocycles. The van der Waals surface area contributed by atoms with Crippen molar-refractivity contribution in [1.29, 1.82) is 0 Å². The van der Waals surface area contributed by atoms with Crippen LogP contribution in [0.5, 0.6) is 5.75 Å². The molecule has 1 atom stereocenters. The number of rotatable bonds is 7. The molecule has 0 fully saturated rings. The van der Waals surface area contributed by atoms with Gasteiger partial charge in [0, 0.05) is 6.54 Å². The van der Waals surface area contributed by atoms with Crippen molar-refractivity contribution in [2.24, 2.45) is 0 Å². The van der Waals surface area contributed by atoms with Gasteiger partial charge in [0.25, 0.3) is 0 Å². The lowest BCUT2D eigenvalue weighted by atomic mass is 10.1. The SMILES string of the molecule is CCNCC(OC(C)C)c1ccc(OC)cc1. The lowest BCUT2D eigenvalue weighted by Crippen LogP contribution is -2.25. The summed E-state index contributed by atoms with van der Waals surface area (Å²) in [5.74, 6) is 0.875. The summed E-state index contributed by atoms with van der Waals surface area (Å²) < 4.78 is 11.1. The Labute approximate surface area is 104 Å². The zero-order valence-corrected chi connectivity index (χ0v) is 11.2. The van der Waals surface area contributed by atoms with Crippen molar-refractivity contribution in [3.05, 3.63) is 29.8 Å². The van der Waals surface area contributed by atoms with Gasteiger partial charge in [0.1, 0.15) is 5.75 Å². The Kier molecular flexibility index (Phi) is 6.01. The number of methoxy groups -OCH3 is 1. The Balaban J connectivity index is 2.72. The maximum Gasteiger partial charge on any atom is 0.118 e. The van der Waals surface area contributed by atoms with Gasteiger partial charge in [-0.2, -0.15) is 0 Å². The molecule has 0 spiro atoms. The van der Waals surface area contributed by atoms with E-state index in [1.54, 1.807) is 7.11 Å². The number of benzene rings is 1. The number of likely N-dealkylation sites (N-methyl/N-ethyl adjacent to an activating group) is 1. The van der Waals surface area contributed by atoms with Crippen molar-refractivity contribution >= 4 is 0 Å². The molecule has 0 amide bonds. The molecule has 1 aromatic rings. The molecule has 0 aliphatic heterocycles. The van der Waals surface area contributed by atoms with Crippen LogP contribution in [0.2, 0.25) is 0 Å². The highest BCUT2D eigenvalue weighted by molar-refractivity contribution is 5.28. The predicted octanol–water partition coefficient (Wildman–Crippen LogP) is 2.77. The Morgan fingerprint density at radius 3 is 2.29 bits per heavy atom. The monoisotopic (exact) mass is 237 g/mol. The van der Waals surface area contributed by atoms with E-state index in [1.165, 1.54) is 5.56 Å². The summed E-state index contributed by atoms with van der Waals surface area (Å²) in [4.78, 5) is 0. The van der Waals surface area contributed by atoms with Crippen LogP contribution in [0.1, 0.15) is 32.4 Å². The molecule has 1 rings (SSSR count). The molecule has 1 N–H and O–H groups in total. The fourth-order valence-corrected chi connectivity index (χ4v) is 1.67. The fourth-order valence-electron chi connectivity index (χ4n) is 1.67. The van der Waals surface area contributed by atoms with Gasteiger partial charge in [0.2, 0.25) is 0 Å². The predicted molar refractivity (Wildman–Crippen MR) is 70.5 cm³/mol. The van der Waals surface area contributed by atoms with Gasteiger partial charge in [-0.05, 0) is 38.1 Å². The quantitative estimate of drug-likeness (QED) is 0.791. The first-order chi connectivity index (χ1) is 8.17. The van der Waals surface area contributed by atoms with Gasteiger partial charge < -0.3 is 14.8 Å². The Morgan fingerprint density at radius 1 is 1.18 bits per heavy atom. The lowest BCUT2D eigenvalue weighted by Gasteiger charge is -2.21. The molecule has 0 heterocycles. The van der Waals surface area contributed by atoms with Gasteiger partial charge in [-0.15, -0.1) is 0 Å². The molecule has 17 heavy (non-hydrogen) atoms.